The monoisotopic (exact) mass is 287 g/mol. The van der Waals surface area contributed by atoms with Crippen molar-refractivity contribution in [2.45, 2.75) is 25.3 Å². The van der Waals surface area contributed by atoms with Gasteiger partial charge < -0.3 is 5.73 Å². The van der Waals surface area contributed by atoms with E-state index in [0.717, 1.165) is 5.92 Å². The van der Waals surface area contributed by atoms with E-state index in [1.165, 1.54) is 28.4 Å². The van der Waals surface area contributed by atoms with Gasteiger partial charge in [-0.05, 0) is 59.0 Å². The number of hydrogen-bond donors (Lipinski definition) is 1. The molecule has 2 N–H and O–H groups in total. The number of benzene rings is 1. The van der Waals surface area contributed by atoms with Crippen molar-refractivity contribution < 1.29 is 0 Å². The summed E-state index contributed by atoms with van der Waals surface area (Å²) < 4.78 is 1.28. The van der Waals surface area contributed by atoms with Gasteiger partial charge in [0.1, 0.15) is 0 Å². The van der Waals surface area contributed by atoms with Gasteiger partial charge in [0.25, 0.3) is 0 Å². The molecule has 0 spiro atoms. The van der Waals surface area contributed by atoms with Gasteiger partial charge in [-0.15, -0.1) is 0 Å². The van der Waals surface area contributed by atoms with Crippen LogP contribution in [0, 0.1) is 9.49 Å². The van der Waals surface area contributed by atoms with Crippen molar-refractivity contribution in [2.24, 2.45) is 11.7 Å². The van der Waals surface area contributed by atoms with E-state index in [0.29, 0.717) is 0 Å². The first-order valence-electron chi connectivity index (χ1n) is 4.78. The lowest BCUT2D eigenvalue weighted by molar-refractivity contribution is 0.264. The van der Waals surface area contributed by atoms with Gasteiger partial charge in [0.05, 0.1) is 0 Å². The Morgan fingerprint density at radius 1 is 1.23 bits per heavy atom. The van der Waals surface area contributed by atoms with Crippen molar-refractivity contribution in [3.8, 4) is 0 Å². The lowest BCUT2D eigenvalue weighted by Gasteiger charge is -2.31. The van der Waals surface area contributed by atoms with Crippen LogP contribution in [0.15, 0.2) is 24.3 Å². The van der Waals surface area contributed by atoms with E-state index in [-0.39, 0.29) is 6.04 Å². The third-order valence-electron chi connectivity index (χ3n) is 2.91. The molecule has 1 unspecified atom stereocenters. The van der Waals surface area contributed by atoms with E-state index in [1.54, 1.807) is 0 Å². The lowest BCUT2D eigenvalue weighted by Crippen LogP contribution is -2.26. The van der Waals surface area contributed by atoms with Crippen LogP contribution in [0.4, 0.5) is 0 Å². The zero-order valence-electron chi connectivity index (χ0n) is 7.54. The van der Waals surface area contributed by atoms with Crippen LogP contribution in [0.5, 0.6) is 0 Å². The smallest absolute Gasteiger partial charge is 0.0323 e. The van der Waals surface area contributed by atoms with Crippen molar-refractivity contribution in [1.82, 2.24) is 0 Å². The molecule has 1 fully saturated rings. The minimum Gasteiger partial charge on any atom is -0.324 e. The number of rotatable bonds is 2. The molecule has 1 atom stereocenters. The van der Waals surface area contributed by atoms with Gasteiger partial charge >= 0.3 is 0 Å². The predicted octanol–water partition coefficient (Wildman–Crippen LogP) is 3.09. The molecule has 70 valence electrons. The maximum Gasteiger partial charge on any atom is 0.0323 e. The van der Waals surface area contributed by atoms with Crippen LogP contribution in [0.2, 0.25) is 0 Å². The van der Waals surface area contributed by atoms with E-state index in [4.69, 9.17) is 5.73 Å². The third kappa shape index (κ3) is 2.05. The van der Waals surface area contributed by atoms with Crippen LogP contribution in [-0.4, -0.2) is 0 Å². The summed E-state index contributed by atoms with van der Waals surface area (Å²) >= 11 is 2.32. The highest BCUT2D eigenvalue weighted by molar-refractivity contribution is 14.1. The minimum atomic E-state index is 0.269. The highest BCUT2D eigenvalue weighted by Crippen LogP contribution is 2.36. The Kier molecular flexibility index (Phi) is 2.89. The molecule has 0 bridgehead atoms. The topological polar surface area (TPSA) is 26.0 Å². The number of halogens is 1. The third-order valence-corrected chi connectivity index (χ3v) is 3.63. The van der Waals surface area contributed by atoms with E-state index >= 15 is 0 Å². The van der Waals surface area contributed by atoms with Crippen LogP contribution in [0.1, 0.15) is 30.9 Å². The molecule has 0 aliphatic heterocycles. The fraction of sp³-hybridized carbons (Fsp3) is 0.455. The van der Waals surface area contributed by atoms with E-state index in [1.807, 2.05) is 0 Å². The Bertz CT molecular complexity index is 277. The molecule has 0 aromatic heterocycles. The van der Waals surface area contributed by atoms with Gasteiger partial charge in [0, 0.05) is 9.61 Å². The molecule has 1 aromatic rings. The summed E-state index contributed by atoms with van der Waals surface area (Å²) in [5.74, 6) is 0.736. The zero-order valence-corrected chi connectivity index (χ0v) is 9.70. The molecule has 0 saturated heterocycles. The quantitative estimate of drug-likeness (QED) is 0.831. The maximum atomic E-state index is 6.15. The fourth-order valence-corrected chi connectivity index (χ4v) is 2.12. The van der Waals surface area contributed by atoms with E-state index in [2.05, 4.69) is 46.9 Å². The second kappa shape index (κ2) is 3.96. The lowest BCUT2D eigenvalue weighted by atomic mass is 9.78. The Labute approximate surface area is 92.9 Å². The average molecular weight is 287 g/mol. The molecule has 1 aromatic carbocycles. The SMILES string of the molecule is NC(c1ccc(I)cc1)C1CCC1. The predicted molar refractivity (Wildman–Crippen MR) is 63.4 cm³/mol. The van der Waals surface area contributed by atoms with Crippen LogP contribution < -0.4 is 5.73 Å². The summed E-state index contributed by atoms with van der Waals surface area (Å²) in [6, 6.07) is 8.85. The molecule has 2 heteroatoms. The standard InChI is InChI=1S/C11H14IN/c12-10-6-4-9(5-7-10)11(13)8-2-1-3-8/h4-8,11H,1-3,13H2. The summed E-state index contributed by atoms with van der Waals surface area (Å²) in [7, 11) is 0. The summed E-state index contributed by atoms with van der Waals surface area (Å²) in [5, 5.41) is 0. The summed E-state index contributed by atoms with van der Waals surface area (Å²) in [6.45, 7) is 0. The van der Waals surface area contributed by atoms with Crippen molar-refractivity contribution in [3.63, 3.8) is 0 Å². The fourth-order valence-electron chi connectivity index (χ4n) is 1.76. The molecule has 1 nitrogen and oxygen atoms in total. The molecule has 1 saturated carbocycles. The average Bonchev–Trinajstić information content (AvgIpc) is 2.02. The molecule has 13 heavy (non-hydrogen) atoms. The van der Waals surface area contributed by atoms with Gasteiger partial charge in [-0.25, -0.2) is 0 Å². The second-order valence-corrected chi connectivity index (χ2v) is 5.01. The Morgan fingerprint density at radius 3 is 2.31 bits per heavy atom. The summed E-state index contributed by atoms with van der Waals surface area (Å²) in [4.78, 5) is 0. The summed E-state index contributed by atoms with van der Waals surface area (Å²) in [6.07, 6.45) is 3.99. The number of hydrogen-bond acceptors (Lipinski definition) is 1. The highest BCUT2D eigenvalue weighted by atomic mass is 127. The normalized spacial score (nSPS) is 19.5. The van der Waals surface area contributed by atoms with Crippen molar-refractivity contribution in [1.29, 1.82) is 0 Å². The first-order valence-corrected chi connectivity index (χ1v) is 5.86. The van der Waals surface area contributed by atoms with Gasteiger partial charge in [0.2, 0.25) is 0 Å². The van der Waals surface area contributed by atoms with E-state index in [9.17, 15) is 0 Å². The van der Waals surface area contributed by atoms with Crippen molar-refractivity contribution in [3.05, 3.63) is 33.4 Å². The van der Waals surface area contributed by atoms with Gasteiger partial charge in [-0.3, -0.25) is 0 Å². The van der Waals surface area contributed by atoms with Crippen LogP contribution >= 0.6 is 22.6 Å². The largest absolute Gasteiger partial charge is 0.324 e. The summed E-state index contributed by atoms with van der Waals surface area (Å²) in [5.41, 5.74) is 7.44. The van der Waals surface area contributed by atoms with Crippen LogP contribution in [0.3, 0.4) is 0 Å². The molecule has 0 heterocycles. The van der Waals surface area contributed by atoms with Crippen LogP contribution in [-0.2, 0) is 0 Å². The molecule has 2 rings (SSSR count). The van der Waals surface area contributed by atoms with Gasteiger partial charge in [-0.2, -0.15) is 0 Å². The highest BCUT2D eigenvalue weighted by Gasteiger charge is 2.25. The van der Waals surface area contributed by atoms with E-state index < -0.39 is 0 Å². The molecular weight excluding hydrogens is 273 g/mol. The van der Waals surface area contributed by atoms with Gasteiger partial charge in [-0.1, -0.05) is 18.6 Å². The number of nitrogens with two attached hydrogens (primary N) is 1. The molecule has 1 aliphatic carbocycles. The second-order valence-electron chi connectivity index (χ2n) is 3.77. The molecule has 0 amide bonds. The molecular formula is C11H14IN. The van der Waals surface area contributed by atoms with Crippen LogP contribution in [0.25, 0.3) is 0 Å². The first kappa shape index (κ1) is 9.46. The maximum absolute atomic E-state index is 6.15. The van der Waals surface area contributed by atoms with Gasteiger partial charge in [0.15, 0.2) is 0 Å². The Morgan fingerprint density at radius 2 is 1.85 bits per heavy atom. The minimum absolute atomic E-state index is 0.269. The first-order chi connectivity index (χ1) is 6.27. The molecule has 0 radical (unpaired) electrons. The van der Waals surface area contributed by atoms with Crippen molar-refractivity contribution >= 4 is 22.6 Å². The molecule has 1 aliphatic rings. The zero-order chi connectivity index (χ0) is 9.26. The van der Waals surface area contributed by atoms with Crippen molar-refractivity contribution in [2.75, 3.05) is 0 Å². The Hall–Kier alpha value is -0.0900. The Balaban J connectivity index is 2.10.